The largest absolute Gasteiger partial charge is 0.259 e. The predicted octanol–water partition coefficient (Wildman–Crippen LogP) is 3.33. The summed E-state index contributed by atoms with van der Waals surface area (Å²) < 4.78 is 12.5. The average Bonchev–Trinajstić information content (AvgIpc) is 2.90. The molecule has 1 saturated carbocycles. The fourth-order valence-electron chi connectivity index (χ4n) is 2.44. The molecule has 0 N–H and O–H groups in total. The Morgan fingerprint density at radius 1 is 1.29 bits per heavy atom. The van der Waals surface area contributed by atoms with Crippen molar-refractivity contribution in [3.8, 4) is 6.07 Å². The minimum absolute atomic E-state index is 0.107. The summed E-state index contributed by atoms with van der Waals surface area (Å²) in [5.41, 5.74) is 1.04. The molecule has 90 valence electrons. The molecule has 0 radical (unpaired) electrons. The quantitative estimate of drug-likeness (QED) is 0.818. The van der Waals surface area contributed by atoms with Crippen molar-refractivity contribution in [3.05, 3.63) is 35.9 Å². The molecule has 1 aromatic rings. The fraction of sp³-hybridized carbons (Fsp3) is 0.500. The summed E-state index contributed by atoms with van der Waals surface area (Å²) in [4.78, 5) is 0. The molecule has 2 nitrogen and oxygen atoms in total. The van der Waals surface area contributed by atoms with Crippen LogP contribution in [0.2, 0.25) is 0 Å². The summed E-state index contributed by atoms with van der Waals surface area (Å²) in [6.07, 6.45) is 4.84. The lowest BCUT2D eigenvalue weighted by Gasteiger charge is -2.18. The first kappa shape index (κ1) is 12.3. The van der Waals surface area contributed by atoms with E-state index >= 15 is 0 Å². The van der Waals surface area contributed by atoms with Gasteiger partial charge >= 0.3 is 0 Å². The van der Waals surface area contributed by atoms with Crippen LogP contribution in [0, 0.1) is 11.3 Å². The highest BCUT2D eigenvalue weighted by molar-refractivity contribution is 7.85. The molecule has 17 heavy (non-hydrogen) atoms. The van der Waals surface area contributed by atoms with E-state index in [1.165, 1.54) is 12.8 Å². The molecule has 0 heterocycles. The first-order chi connectivity index (χ1) is 8.33. The van der Waals surface area contributed by atoms with E-state index in [0.717, 1.165) is 18.4 Å². The maximum absolute atomic E-state index is 12.5. The van der Waals surface area contributed by atoms with Crippen LogP contribution in [-0.2, 0) is 10.8 Å². The maximum Gasteiger partial charge on any atom is 0.0729 e. The van der Waals surface area contributed by atoms with Gasteiger partial charge in [-0.3, -0.25) is 4.21 Å². The van der Waals surface area contributed by atoms with E-state index in [9.17, 15) is 4.21 Å². The van der Waals surface area contributed by atoms with E-state index < -0.39 is 10.8 Å². The number of nitrogens with zero attached hydrogens (tertiary/aromatic N) is 1. The van der Waals surface area contributed by atoms with Gasteiger partial charge in [-0.2, -0.15) is 5.26 Å². The third-order valence-electron chi connectivity index (χ3n) is 3.36. The number of nitriles is 1. The summed E-state index contributed by atoms with van der Waals surface area (Å²) >= 11 is 0. The van der Waals surface area contributed by atoms with Crippen molar-refractivity contribution in [2.24, 2.45) is 0 Å². The van der Waals surface area contributed by atoms with Crippen molar-refractivity contribution in [1.29, 1.82) is 5.26 Å². The SMILES string of the molecule is N#CCC(c1ccccc1)S(=O)C1CCCC1. The van der Waals surface area contributed by atoms with Crippen LogP contribution < -0.4 is 0 Å². The molecule has 0 aliphatic heterocycles. The molecule has 2 unspecified atom stereocenters. The van der Waals surface area contributed by atoms with E-state index in [1.54, 1.807) is 0 Å². The van der Waals surface area contributed by atoms with E-state index in [4.69, 9.17) is 5.26 Å². The lowest BCUT2D eigenvalue weighted by Crippen LogP contribution is -2.17. The van der Waals surface area contributed by atoms with Gasteiger partial charge in [0, 0.05) is 16.0 Å². The summed E-state index contributed by atoms with van der Waals surface area (Å²) in [6.45, 7) is 0. The van der Waals surface area contributed by atoms with Gasteiger partial charge in [0.2, 0.25) is 0 Å². The first-order valence-electron chi connectivity index (χ1n) is 6.14. The third kappa shape index (κ3) is 2.95. The molecule has 0 amide bonds. The van der Waals surface area contributed by atoms with Gasteiger partial charge < -0.3 is 0 Å². The molecule has 2 atom stereocenters. The Morgan fingerprint density at radius 3 is 2.53 bits per heavy atom. The number of rotatable bonds is 4. The Balaban J connectivity index is 2.17. The zero-order valence-electron chi connectivity index (χ0n) is 9.84. The molecular formula is C14H17NOS. The topological polar surface area (TPSA) is 40.9 Å². The number of benzene rings is 1. The monoisotopic (exact) mass is 247 g/mol. The van der Waals surface area contributed by atoms with Crippen LogP contribution in [0.5, 0.6) is 0 Å². The van der Waals surface area contributed by atoms with Crippen LogP contribution >= 0.6 is 0 Å². The molecule has 0 saturated heterocycles. The van der Waals surface area contributed by atoms with Crippen LogP contribution in [0.3, 0.4) is 0 Å². The molecular weight excluding hydrogens is 230 g/mol. The highest BCUT2D eigenvalue weighted by Crippen LogP contribution is 2.32. The Hall–Kier alpha value is -1.14. The van der Waals surface area contributed by atoms with Crippen molar-refractivity contribution in [2.75, 3.05) is 0 Å². The second kappa shape index (κ2) is 5.97. The van der Waals surface area contributed by atoms with Crippen LogP contribution in [0.25, 0.3) is 0 Å². The first-order valence-corrected chi connectivity index (χ1v) is 7.42. The van der Waals surface area contributed by atoms with E-state index in [-0.39, 0.29) is 5.25 Å². The van der Waals surface area contributed by atoms with Gasteiger partial charge in [-0.05, 0) is 18.4 Å². The van der Waals surface area contributed by atoms with E-state index in [1.807, 2.05) is 30.3 Å². The smallest absolute Gasteiger partial charge is 0.0729 e. The normalized spacial score (nSPS) is 19.7. The fourth-order valence-corrected chi connectivity index (χ4v) is 4.36. The number of hydrogen-bond acceptors (Lipinski definition) is 2. The van der Waals surface area contributed by atoms with Crippen LogP contribution in [-0.4, -0.2) is 9.46 Å². The summed E-state index contributed by atoms with van der Waals surface area (Å²) in [5, 5.41) is 9.10. The van der Waals surface area contributed by atoms with Crippen molar-refractivity contribution >= 4 is 10.8 Å². The van der Waals surface area contributed by atoms with Crippen LogP contribution in [0.15, 0.2) is 30.3 Å². The molecule has 1 fully saturated rings. The van der Waals surface area contributed by atoms with Crippen LogP contribution in [0.1, 0.15) is 42.9 Å². The molecule has 0 bridgehead atoms. The highest BCUT2D eigenvalue weighted by atomic mass is 32.2. The average molecular weight is 247 g/mol. The zero-order valence-corrected chi connectivity index (χ0v) is 10.7. The Bertz CT molecular complexity index is 418. The molecule has 1 aliphatic carbocycles. The predicted molar refractivity (Wildman–Crippen MR) is 69.8 cm³/mol. The lowest BCUT2D eigenvalue weighted by molar-refractivity contribution is 0.657. The summed E-state index contributed by atoms with van der Waals surface area (Å²) in [7, 11) is -0.906. The number of hydrogen-bond donors (Lipinski definition) is 0. The van der Waals surface area contributed by atoms with Crippen molar-refractivity contribution in [1.82, 2.24) is 0 Å². The van der Waals surface area contributed by atoms with Gasteiger partial charge in [0.05, 0.1) is 17.7 Å². The molecule has 1 aromatic carbocycles. The standard InChI is InChI=1S/C14H17NOS/c15-11-10-14(12-6-2-1-3-7-12)17(16)13-8-4-5-9-13/h1-3,6-7,13-14H,4-5,8-10H2. The van der Waals surface area contributed by atoms with Gasteiger partial charge in [0.25, 0.3) is 0 Å². The molecule has 3 heteroatoms. The Kier molecular flexibility index (Phi) is 4.33. The van der Waals surface area contributed by atoms with E-state index in [0.29, 0.717) is 11.7 Å². The minimum atomic E-state index is -0.906. The van der Waals surface area contributed by atoms with Gasteiger partial charge in [0.1, 0.15) is 0 Å². The summed E-state index contributed by atoms with van der Waals surface area (Å²) in [6, 6.07) is 12.0. The maximum atomic E-state index is 12.5. The van der Waals surface area contributed by atoms with Gasteiger partial charge in [-0.15, -0.1) is 0 Å². The second-order valence-electron chi connectivity index (χ2n) is 4.50. The van der Waals surface area contributed by atoms with Crippen molar-refractivity contribution < 1.29 is 4.21 Å². The lowest BCUT2D eigenvalue weighted by atomic mass is 10.1. The minimum Gasteiger partial charge on any atom is -0.259 e. The molecule has 2 rings (SSSR count). The van der Waals surface area contributed by atoms with Crippen molar-refractivity contribution in [2.45, 2.75) is 42.6 Å². The van der Waals surface area contributed by atoms with Gasteiger partial charge in [-0.25, -0.2) is 0 Å². The summed E-state index contributed by atoms with van der Waals surface area (Å²) in [5.74, 6) is 0. The van der Waals surface area contributed by atoms with Crippen LogP contribution in [0.4, 0.5) is 0 Å². The van der Waals surface area contributed by atoms with E-state index in [2.05, 4.69) is 6.07 Å². The molecule has 0 spiro atoms. The molecule has 1 aliphatic rings. The highest BCUT2D eigenvalue weighted by Gasteiger charge is 2.28. The Morgan fingerprint density at radius 2 is 1.94 bits per heavy atom. The Labute approximate surface area is 105 Å². The zero-order chi connectivity index (χ0) is 12.1. The van der Waals surface area contributed by atoms with Gasteiger partial charge in [-0.1, -0.05) is 43.2 Å². The van der Waals surface area contributed by atoms with Gasteiger partial charge in [0.15, 0.2) is 0 Å². The third-order valence-corrected chi connectivity index (χ3v) is 5.49. The second-order valence-corrected chi connectivity index (χ2v) is 6.39. The molecule has 0 aromatic heterocycles. The van der Waals surface area contributed by atoms with Crippen molar-refractivity contribution in [3.63, 3.8) is 0 Å².